The van der Waals surface area contributed by atoms with Crippen molar-refractivity contribution in [2.75, 3.05) is 51.3 Å². The van der Waals surface area contributed by atoms with E-state index < -0.39 is 0 Å². The van der Waals surface area contributed by atoms with Crippen LogP contribution in [0.15, 0.2) is 0 Å². The van der Waals surface area contributed by atoms with E-state index in [1.165, 1.54) is 0 Å². The Balaban J connectivity index is 2.32. The third-order valence-electron chi connectivity index (χ3n) is 2.94. The molecule has 1 atom stereocenters. The van der Waals surface area contributed by atoms with Gasteiger partial charge in [0.15, 0.2) is 0 Å². The third-order valence-corrected chi connectivity index (χ3v) is 3.77. The minimum atomic E-state index is 0.124. The fraction of sp³-hybridized carbons (Fsp3) is 0.909. The van der Waals surface area contributed by atoms with Gasteiger partial charge >= 0.3 is 0 Å². The highest BCUT2D eigenvalue weighted by Crippen LogP contribution is 2.11. The zero-order valence-corrected chi connectivity index (χ0v) is 11.0. The average Bonchev–Trinajstić information content (AvgIpc) is 2.30. The molecule has 0 aromatic heterocycles. The number of carbonyl (C=O) groups excluding carboxylic acids is 1. The topological polar surface area (TPSA) is 43.8 Å². The van der Waals surface area contributed by atoms with Gasteiger partial charge in [0.2, 0.25) is 5.91 Å². The van der Waals surface area contributed by atoms with E-state index in [4.69, 9.17) is 5.11 Å². The minimum absolute atomic E-state index is 0.124. The van der Waals surface area contributed by atoms with Gasteiger partial charge in [-0.05, 0) is 6.26 Å². The van der Waals surface area contributed by atoms with Crippen molar-refractivity contribution in [1.29, 1.82) is 0 Å². The molecule has 1 amide bonds. The summed E-state index contributed by atoms with van der Waals surface area (Å²) < 4.78 is 0. The molecule has 0 aliphatic carbocycles. The second kappa shape index (κ2) is 7.14. The Morgan fingerprint density at radius 3 is 2.50 bits per heavy atom. The van der Waals surface area contributed by atoms with E-state index in [2.05, 4.69) is 4.90 Å². The number of thioether (sulfide) groups is 1. The van der Waals surface area contributed by atoms with E-state index in [9.17, 15) is 4.79 Å². The first-order valence-corrected chi connectivity index (χ1v) is 7.19. The highest BCUT2D eigenvalue weighted by Gasteiger charge is 2.24. The molecule has 0 bridgehead atoms. The summed E-state index contributed by atoms with van der Waals surface area (Å²) >= 11 is 1.72. The number of β-amino-alcohol motifs (C(OH)–C–C–N with tert-alkyl or cyclic N) is 1. The van der Waals surface area contributed by atoms with Gasteiger partial charge in [-0.1, -0.05) is 6.92 Å². The van der Waals surface area contributed by atoms with Gasteiger partial charge in [0.25, 0.3) is 0 Å². The van der Waals surface area contributed by atoms with Crippen LogP contribution < -0.4 is 0 Å². The average molecular weight is 246 g/mol. The lowest BCUT2D eigenvalue weighted by molar-refractivity contribution is -0.136. The van der Waals surface area contributed by atoms with E-state index in [1.54, 1.807) is 11.8 Å². The Morgan fingerprint density at radius 1 is 1.38 bits per heavy atom. The summed E-state index contributed by atoms with van der Waals surface area (Å²) in [7, 11) is 0. The Kier molecular flexibility index (Phi) is 6.16. The second-order valence-electron chi connectivity index (χ2n) is 4.25. The first kappa shape index (κ1) is 13.8. The van der Waals surface area contributed by atoms with E-state index in [1.807, 2.05) is 18.1 Å². The van der Waals surface area contributed by atoms with Gasteiger partial charge in [-0.15, -0.1) is 0 Å². The van der Waals surface area contributed by atoms with Gasteiger partial charge in [0, 0.05) is 44.4 Å². The SMILES string of the molecule is CSCC(C)C(=O)N1CCN(CCO)CC1. The molecule has 0 aromatic rings. The Labute approximate surface area is 102 Å². The molecule has 5 heteroatoms. The number of hydrogen-bond donors (Lipinski definition) is 1. The van der Waals surface area contributed by atoms with Gasteiger partial charge in [-0.25, -0.2) is 0 Å². The Hall–Kier alpha value is -0.260. The van der Waals surface area contributed by atoms with Crippen molar-refractivity contribution in [1.82, 2.24) is 9.80 Å². The predicted octanol–water partition coefficient (Wildman–Crippen LogP) is 0.122. The molecule has 1 heterocycles. The molecule has 94 valence electrons. The predicted molar refractivity (Wildman–Crippen MR) is 67.7 cm³/mol. The van der Waals surface area contributed by atoms with Gasteiger partial charge in [-0.3, -0.25) is 9.69 Å². The lowest BCUT2D eigenvalue weighted by Gasteiger charge is -2.35. The number of aliphatic hydroxyl groups is 1. The Morgan fingerprint density at radius 2 is 2.00 bits per heavy atom. The van der Waals surface area contributed by atoms with Crippen molar-refractivity contribution >= 4 is 17.7 Å². The van der Waals surface area contributed by atoms with Crippen molar-refractivity contribution in [2.45, 2.75) is 6.92 Å². The van der Waals surface area contributed by atoms with Crippen molar-refractivity contribution in [3.63, 3.8) is 0 Å². The maximum atomic E-state index is 12.0. The van der Waals surface area contributed by atoms with Gasteiger partial charge in [-0.2, -0.15) is 11.8 Å². The van der Waals surface area contributed by atoms with Crippen molar-refractivity contribution in [2.24, 2.45) is 5.92 Å². The van der Waals surface area contributed by atoms with E-state index in [0.717, 1.165) is 38.5 Å². The molecule has 16 heavy (non-hydrogen) atoms. The number of aliphatic hydroxyl groups excluding tert-OH is 1. The van der Waals surface area contributed by atoms with Crippen LogP contribution in [0.3, 0.4) is 0 Å². The van der Waals surface area contributed by atoms with Crippen LogP contribution in [0.4, 0.5) is 0 Å². The summed E-state index contributed by atoms with van der Waals surface area (Å²) in [4.78, 5) is 16.1. The zero-order chi connectivity index (χ0) is 12.0. The smallest absolute Gasteiger partial charge is 0.226 e. The van der Waals surface area contributed by atoms with Crippen LogP contribution in [0.1, 0.15) is 6.92 Å². The molecule has 1 aliphatic heterocycles. The summed E-state index contributed by atoms with van der Waals surface area (Å²) in [6.07, 6.45) is 2.03. The number of carbonyl (C=O) groups is 1. The van der Waals surface area contributed by atoms with Crippen LogP contribution in [0.25, 0.3) is 0 Å². The van der Waals surface area contributed by atoms with Crippen LogP contribution in [0, 0.1) is 5.92 Å². The zero-order valence-electron chi connectivity index (χ0n) is 10.2. The summed E-state index contributed by atoms with van der Waals surface area (Å²) in [6, 6.07) is 0. The highest BCUT2D eigenvalue weighted by molar-refractivity contribution is 7.98. The van der Waals surface area contributed by atoms with Crippen molar-refractivity contribution < 1.29 is 9.90 Å². The molecular formula is C11H22N2O2S. The van der Waals surface area contributed by atoms with E-state index >= 15 is 0 Å². The maximum absolute atomic E-state index is 12.0. The standard InChI is InChI=1S/C11H22N2O2S/c1-10(9-16-2)11(15)13-5-3-12(4-6-13)7-8-14/h10,14H,3-9H2,1-2H3. The van der Waals surface area contributed by atoms with Crippen molar-refractivity contribution in [3.8, 4) is 0 Å². The highest BCUT2D eigenvalue weighted by atomic mass is 32.2. The quantitative estimate of drug-likeness (QED) is 0.748. The lowest BCUT2D eigenvalue weighted by atomic mass is 10.1. The molecule has 1 N–H and O–H groups in total. The summed E-state index contributed by atoms with van der Waals surface area (Å²) in [6.45, 7) is 6.31. The second-order valence-corrected chi connectivity index (χ2v) is 5.16. The molecule has 1 unspecified atom stereocenters. The summed E-state index contributed by atoms with van der Waals surface area (Å²) in [5.41, 5.74) is 0. The fourth-order valence-corrected chi connectivity index (χ4v) is 2.61. The van der Waals surface area contributed by atoms with Crippen LogP contribution in [0.5, 0.6) is 0 Å². The maximum Gasteiger partial charge on any atom is 0.226 e. The van der Waals surface area contributed by atoms with Gasteiger partial charge in [0.05, 0.1) is 6.61 Å². The largest absolute Gasteiger partial charge is 0.395 e. The first-order chi connectivity index (χ1) is 7.69. The molecule has 0 spiro atoms. The number of hydrogen-bond acceptors (Lipinski definition) is 4. The Bertz CT molecular complexity index is 218. The fourth-order valence-electron chi connectivity index (χ4n) is 1.97. The number of piperazine rings is 1. The number of rotatable bonds is 5. The molecule has 0 saturated carbocycles. The molecule has 1 fully saturated rings. The van der Waals surface area contributed by atoms with Crippen LogP contribution in [-0.2, 0) is 4.79 Å². The van der Waals surface area contributed by atoms with Crippen LogP contribution in [0.2, 0.25) is 0 Å². The molecular weight excluding hydrogens is 224 g/mol. The van der Waals surface area contributed by atoms with Gasteiger partial charge < -0.3 is 10.0 Å². The molecule has 1 aliphatic rings. The van der Waals surface area contributed by atoms with E-state index in [-0.39, 0.29) is 18.4 Å². The van der Waals surface area contributed by atoms with Crippen molar-refractivity contribution in [3.05, 3.63) is 0 Å². The molecule has 1 saturated heterocycles. The molecule has 0 radical (unpaired) electrons. The summed E-state index contributed by atoms with van der Waals surface area (Å²) in [5.74, 6) is 1.30. The summed E-state index contributed by atoms with van der Waals surface area (Å²) in [5, 5.41) is 8.83. The molecule has 4 nitrogen and oxygen atoms in total. The van der Waals surface area contributed by atoms with Crippen LogP contribution >= 0.6 is 11.8 Å². The van der Waals surface area contributed by atoms with E-state index in [0.29, 0.717) is 0 Å². The number of amides is 1. The number of nitrogens with zero attached hydrogens (tertiary/aromatic N) is 2. The first-order valence-electron chi connectivity index (χ1n) is 5.80. The minimum Gasteiger partial charge on any atom is -0.395 e. The van der Waals surface area contributed by atoms with Crippen LogP contribution in [-0.4, -0.2) is 72.2 Å². The molecule has 0 aromatic carbocycles. The lowest BCUT2D eigenvalue weighted by Crippen LogP contribution is -2.50. The van der Waals surface area contributed by atoms with Gasteiger partial charge in [0.1, 0.15) is 0 Å². The normalized spacial score (nSPS) is 19.8. The monoisotopic (exact) mass is 246 g/mol. The third kappa shape index (κ3) is 3.96. The molecule has 1 rings (SSSR count).